The number of carbonyl (C=O) groups excluding carboxylic acids is 1. The van der Waals surface area contributed by atoms with Crippen molar-refractivity contribution >= 4 is 15.9 Å². The molecule has 1 aliphatic rings. The maximum absolute atomic E-state index is 12.2. The van der Waals surface area contributed by atoms with Gasteiger partial charge < -0.3 is 10.1 Å². The van der Waals surface area contributed by atoms with Crippen LogP contribution in [0.15, 0.2) is 47.4 Å². The molecule has 1 N–H and O–H groups in total. The van der Waals surface area contributed by atoms with Gasteiger partial charge in [0.1, 0.15) is 12.4 Å². The first-order valence-electron chi connectivity index (χ1n) is 8.93. The predicted molar refractivity (Wildman–Crippen MR) is 104 cm³/mol. The lowest BCUT2D eigenvalue weighted by Crippen LogP contribution is -2.28. The Balaban J connectivity index is 1.49. The normalized spacial score (nSPS) is 13.4. The van der Waals surface area contributed by atoms with Gasteiger partial charge in [-0.1, -0.05) is 6.07 Å². The van der Waals surface area contributed by atoms with Crippen LogP contribution in [0.4, 0.5) is 0 Å². The third-order valence-corrected chi connectivity index (χ3v) is 6.45. The van der Waals surface area contributed by atoms with E-state index in [1.807, 2.05) is 6.07 Å². The molecule has 0 aliphatic heterocycles. The van der Waals surface area contributed by atoms with Gasteiger partial charge in [0, 0.05) is 19.7 Å². The number of aryl methyl sites for hydroxylation is 2. The minimum Gasteiger partial charge on any atom is -0.492 e. The van der Waals surface area contributed by atoms with Crippen molar-refractivity contribution in [1.82, 2.24) is 9.62 Å². The molecule has 0 saturated carbocycles. The fourth-order valence-electron chi connectivity index (χ4n) is 3.06. The molecule has 0 heterocycles. The quantitative estimate of drug-likeness (QED) is 0.738. The van der Waals surface area contributed by atoms with Gasteiger partial charge >= 0.3 is 0 Å². The molecule has 0 saturated heterocycles. The number of rotatable bonds is 7. The molecule has 144 valence electrons. The second-order valence-corrected chi connectivity index (χ2v) is 8.85. The highest BCUT2D eigenvalue weighted by atomic mass is 32.2. The molecule has 0 aromatic heterocycles. The Hall–Kier alpha value is -2.38. The van der Waals surface area contributed by atoms with Crippen LogP contribution in [-0.4, -0.2) is 45.9 Å². The van der Waals surface area contributed by atoms with Crippen LogP contribution < -0.4 is 10.1 Å². The number of amides is 1. The van der Waals surface area contributed by atoms with E-state index in [1.54, 1.807) is 0 Å². The SMILES string of the molecule is CN(C)S(=O)(=O)c1ccc(C(=O)NCCOc2ccc3c(c2)CCC3)cc1. The zero-order valence-electron chi connectivity index (χ0n) is 15.6. The molecule has 2 aromatic rings. The number of sulfonamides is 1. The molecule has 1 amide bonds. The number of ether oxygens (including phenoxy) is 1. The summed E-state index contributed by atoms with van der Waals surface area (Å²) in [6.45, 7) is 0.741. The maximum atomic E-state index is 12.2. The Morgan fingerprint density at radius 1 is 1.07 bits per heavy atom. The molecule has 7 heteroatoms. The topological polar surface area (TPSA) is 75.7 Å². The Kier molecular flexibility index (Phi) is 5.82. The largest absolute Gasteiger partial charge is 0.492 e. The summed E-state index contributed by atoms with van der Waals surface area (Å²) in [6.07, 6.45) is 3.44. The minimum atomic E-state index is -3.49. The summed E-state index contributed by atoms with van der Waals surface area (Å²) in [7, 11) is -0.555. The molecule has 6 nitrogen and oxygen atoms in total. The summed E-state index contributed by atoms with van der Waals surface area (Å²) >= 11 is 0. The highest BCUT2D eigenvalue weighted by molar-refractivity contribution is 7.89. The summed E-state index contributed by atoms with van der Waals surface area (Å²) in [4.78, 5) is 12.3. The summed E-state index contributed by atoms with van der Waals surface area (Å²) in [5.41, 5.74) is 3.16. The average molecular weight is 388 g/mol. The van der Waals surface area contributed by atoms with Crippen LogP contribution >= 0.6 is 0 Å². The van der Waals surface area contributed by atoms with E-state index in [4.69, 9.17) is 4.74 Å². The van der Waals surface area contributed by atoms with Gasteiger partial charge in [0.15, 0.2) is 0 Å². The highest BCUT2D eigenvalue weighted by Gasteiger charge is 2.17. The molecule has 2 aromatic carbocycles. The van der Waals surface area contributed by atoms with E-state index >= 15 is 0 Å². The molecule has 3 rings (SSSR count). The van der Waals surface area contributed by atoms with E-state index in [2.05, 4.69) is 17.4 Å². The fourth-order valence-corrected chi connectivity index (χ4v) is 3.96. The molecule has 0 unspecified atom stereocenters. The smallest absolute Gasteiger partial charge is 0.251 e. The molecule has 1 aliphatic carbocycles. The van der Waals surface area contributed by atoms with Gasteiger partial charge in [-0.15, -0.1) is 0 Å². The van der Waals surface area contributed by atoms with Gasteiger partial charge in [0.25, 0.3) is 5.91 Å². The van der Waals surface area contributed by atoms with Gasteiger partial charge in [-0.2, -0.15) is 0 Å². The van der Waals surface area contributed by atoms with Crippen molar-refractivity contribution in [3.05, 3.63) is 59.2 Å². The maximum Gasteiger partial charge on any atom is 0.251 e. The second kappa shape index (κ2) is 8.10. The molecule has 0 bridgehead atoms. The molecule has 0 spiro atoms. The van der Waals surface area contributed by atoms with Crippen LogP contribution in [0, 0.1) is 0 Å². The molecule has 0 radical (unpaired) electrons. The van der Waals surface area contributed by atoms with E-state index in [1.165, 1.54) is 55.9 Å². The van der Waals surface area contributed by atoms with Gasteiger partial charge in [0.2, 0.25) is 10.0 Å². The zero-order valence-corrected chi connectivity index (χ0v) is 16.4. The summed E-state index contributed by atoms with van der Waals surface area (Å²) < 4.78 is 30.9. The Morgan fingerprint density at radius 3 is 2.48 bits per heavy atom. The number of hydrogen-bond donors (Lipinski definition) is 1. The number of fused-ring (bicyclic) bond motifs is 1. The predicted octanol–water partition coefficient (Wildman–Crippen LogP) is 2.23. The van der Waals surface area contributed by atoms with Crippen LogP contribution in [0.25, 0.3) is 0 Å². The second-order valence-electron chi connectivity index (χ2n) is 6.70. The minimum absolute atomic E-state index is 0.156. The molecule has 0 fully saturated rings. The summed E-state index contributed by atoms with van der Waals surface area (Å²) in [6, 6.07) is 12.0. The number of nitrogens with zero attached hydrogens (tertiary/aromatic N) is 1. The van der Waals surface area contributed by atoms with Crippen molar-refractivity contribution in [2.75, 3.05) is 27.2 Å². The molecular weight excluding hydrogens is 364 g/mol. The number of carbonyl (C=O) groups is 1. The first kappa shape index (κ1) is 19.4. The number of hydrogen-bond acceptors (Lipinski definition) is 4. The van der Waals surface area contributed by atoms with Crippen LogP contribution in [0.3, 0.4) is 0 Å². The van der Waals surface area contributed by atoms with E-state index < -0.39 is 10.0 Å². The van der Waals surface area contributed by atoms with E-state index in [9.17, 15) is 13.2 Å². The molecule has 0 atom stereocenters. The lowest BCUT2D eigenvalue weighted by Gasteiger charge is -2.12. The van der Waals surface area contributed by atoms with Crippen LogP contribution in [-0.2, 0) is 22.9 Å². The number of benzene rings is 2. The third kappa shape index (κ3) is 4.48. The summed E-state index contributed by atoms with van der Waals surface area (Å²) in [5, 5.41) is 2.78. The van der Waals surface area contributed by atoms with Crippen molar-refractivity contribution < 1.29 is 17.9 Å². The molecular formula is C20H24N2O4S. The van der Waals surface area contributed by atoms with Gasteiger partial charge in [0.05, 0.1) is 11.4 Å². The standard InChI is InChI=1S/C20H24N2O4S/c1-22(2)27(24,25)19-10-7-16(8-11-19)20(23)21-12-13-26-18-9-6-15-4-3-5-17(15)14-18/h6-11,14H,3-5,12-13H2,1-2H3,(H,21,23). The van der Waals surface area contributed by atoms with Gasteiger partial charge in [-0.25, -0.2) is 12.7 Å². The Morgan fingerprint density at radius 2 is 1.78 bits per heavy atom. The Bertz CT molecular complexity index is 921. The van der Waals surface area contributed by atoms with Gasteiger partial charge in [-0.05, 0) is 66.8 Å². The lowest BCUT2D eigenvalue weighted by molar-refractivity contribution is 0.0947. The zero-order chi connectivity index (χ0) is 19.4. The van der Waals surface area contributed by atoms with Crippen LogP contribution in [0.2, 0.25) is 0 Å². The third-order valence-electron chi connectivity index (χ3n) is 4.62. The summed E-state index contributed by atoms with van der Waals surface area (Å²) in [5.74, 6) is 0.560. The first-order chi connectivity index (χ1) is 12.9. The van der Waals surface area contributed by atoms with Crippen LogP contribution in [0.1, 0.15) is 27.9 Å². The van der Waals surface area contributed by atoms with Crippen molar-refractivity contribution in [2.24, 2.45) is 0 Å². The van der Waals surface area contributed by atoms with Crippen molar-refractivity contribution in [2.45, 2.75) is 24.2 Å². The van der Waals surface area contributed by atoms with Crippen molar-refractivity contribution in [3.8, 4) is 5.75 Å². The van der Waals surface area contributed by atoms with Gasteiger partial charge in [-0.3, -0.25) is 4.79 Å². The number of nitrogens with one attached hydrogen (secondary N) is 1. The van der Waals surface area contributed by atoms with E-state index in [-0.39, 0.29) is 10.8 Å². The monoisotopic (exact) mass is 388 g/mol. The van der Waals surface area contributed by atoms with E-state index in [0.717, 1.165) is 22.9 Å². The van der Waals surface area contributed by atoms with Crippen molar-refractivity contribution in [3.63, 3.8) is 0 Å². The first-order valence-corrected chi connectivity index (χ1v) is 10.4. The van der Waals surface area contributed by atoms with Crippen molar-refractivity contribution in [1.29, 1.82) is 0 Å². The average Bonchev–Trinajstić information content (AvgIpc) is 3.13. The van der Waals surface area contributed by atoms with E-state index in [0.29, 0.717) is 18.7 Å². The molecule has 27 heavy (non-hydrogen) atoms. The van der Waals surface area contributed by atoms with Crippen LogP contribution in [0.5, 0.6) is 5.75 Å². The highest BCUT2D eigenvalue weighted by Crippen LogP contribution is 2.25. The fraction of sp³-hybridized carbons (Fsp3) is 0.350. The lowest BCUT2D eigenvalue weighted by atomic mass is 10.1. The Labute approximate surface area is 160 Å².